The van der Waals surface area contributed by atoms with E-state index in [1.807, 2.05) is 42.3 Å². The van der Waals surface area contributed by atoms with Gasteiger partial charge in [-0.25, -0.2) is 4.79 Å². The van der Waals surface area contributed by atoms with E-state index in [2.05, 4.69) is 5.32 Å². The number of nitrogens with zero attached hydrogens (tertiary/aromatic N) is 1. The number of nitrogens with one attached hydrogen (secondary N) is 1. The smallest absolute Gasteiger partial charge is 0.410 e. The number of amides is 1. The Labute approximate surface area is 108 Å². The van der Waals surface area contributed by atoms with E-state index in [0.29, 0.717) is 6.61 Å². The van der Waals surface area contributed by atoms with Crippen molar-refractivity contribution < 1.29 is 9.53 Å². The molecule has 0 bridgehead atoms. The number of likely N-dealkylation sites (tertiary alicyclic amines) is 1. The Bertz CT molecular complexity index is 381. The molecule has 0 saturated carbocycles. The molecule has 98 valence electrons. The molecule has 0 aliphatic carbocycles. The lowest BCUT2D eigenvalue weighted by atomic mass is 10.2. The van der Waals surface area contributed by atoms with Gasteiger partial charge in [0.1, 0.15) is 6.61 Å². The summed E-state index contributed by atoms with van der Waals surface area (Å²) in [5.74, 6) is 0. The quantitative estimate of drug-likeness (QED) is 0.886. The molecular formula is C14H20N2O2. The third-order valence-corrected chi connectivity index (χ3v) is 3.26. The van der Waals surface area contributed by atoms with E-state index >= 15 is 0 Å². The minimum atomic E-state index is -0.198. The van der Waals surface area contributed by atoms with Gasteiger partial charge in [0.15, 0.2) is 0 Å². The Morgan fingerprint density at radius 2 is 2.22 bits per heavy atom. The van der Waals surface area contributed by atoms with Gasteiger partial charge in [-0.2, -0.15) is 0 Å². The van der Waals surface area contributed by atoms with Crippen LogP contribution in [0.1, 0.15) is 18.4 Å². The summed E-state index contributed by atoms with van der Waals surface area (Å²) >= 11 is 0. The van der Waals surface area contributed by atoms with E-state index in [9.17, 15) is 4.79 Å². The largest absolute Gasteiger partial charge is 0.445 e. The molecule has 1 aromatic rings. The van der Waals surface area contributed by atoms with Gasteiger partial charge in [0.25, 0.3) is 0 Å². The van der Waals surface area contributed by atoms with Crippen LogP contribution >= 0.6 is 0 Å². The SMILES string of the molecule is CNC[C@H]1CCCN1C(=O)OCc1ccccc1. The molecule has 0 spiro atoms. The molecular weight excluding hydrogens is 228 g/mol. The molecule has 1 saturated heterocycles. The first kappa shape index (κ1) is 12.9. The molecule has 0 radical (unpaired) electrons. The average Bonchev–Trinajstić information content (AvgIpc) is 2.86. The molecule has 1 amide bonds. The zero-order chi connectivity index (χ0) is 12.8. The van der Waals surface area contributed by atoms with Crippen molar-refractivity contribution in [1.29, 1.82) is 0 Å². The molecule has 1 aliphatic heterocycles. The third kappa shape index (κ3) is 3.23. The van der Waals surface area contributed by atoms with Crippen molar-refractivity contribution >= 4 is 6.09 Å². The number of carbonyl (C=O) groups excluding carboxylic acids is 1. The molecule has 1 N–H and O–H groups in total. The summed E-state index contributed by atoms with van der Waals surface area (Å²) in [6, 6.07) is 10.0. The Balaban J connectivity index is 1.84. The number of benzene rings is 1. The van der Waals surface area contributed by atoms with E-state index < -0.39 is 0 Å². The van der Waals surface area contributed by atoms with E-state index in [4.69, 9.17) is 4.74 Å². The van der Waals surface area contributed by atoms with Crippen LogP contribution in [0.3, 0.4) is 0 Å². The van der Waals surface area contributed by atoms with Gasteiger partial charge < -0.3 is 15.0 Å². The van der Waals surface area contributed by atoms with Crippen LogP contribution in [0.25, 0.3) is 0 Å². The maximum Gasteiger partial charge on any atom is 0.410 e. The predicted molar refractivity (Wildman–Crippen MR) is 70.3 cm³/mol. The maximum atomic E-state index is 12.0. The number of hydrogen-bond donors (Lipinski definition) is 1. The van der Waals surface area contributed by atoms with Crippen molar-refractivity contribution in [1.82, 2.24) is 10.2 Å². The molecule has 2 rings (SSSR count). The van der Waals surface area contributed by atoms with Gasteiger partial charge in [0, 0.05) is 19.1 Å². The number of carbonyl (C=O) groups is 1. The van der Waals surface area contributed by atoms with Crippen molar-refractivity contribution in [3.8, 4) is 0 Å². The summed E-state index contributed by atoms with van der Waals surface area (Å²) in [7, 11) is 1.91. The van der Waals surface area contributed by atoms with Crippen LogP contribution in [0.5, 0.6) is 0 Å². The minimum Gasteiger partial charge on any atom is -0.445 e. The van der Waals surface area contributed by atoms with Crippen LogP contribution in [0.4, 0.5) is 4.79 Å². The lowest BCUT2D eigenvalue weighted by Gasteiger charge is -2.23. The first-order chi connectivity index (χ1) is 8.81. The maximum absolute atomic E-state index is 12.0. The summed E-state index contributed by atoms with van der Waals surface area (Å²) in [6.45, 7) is 1.99. The molecule has 1 aliphatic rings. The van der Waals surface area contributed by atoms with E-state index in [1.165, 1.54) is 0 Å². The fourth-order valence-electron chi connectivity index (χ4n) is 2.33. The Kier molecular flexibility index (Phi) is 4.59. The average molecular weight is 248 g/mol. The first-order valence-corrected chi connectivity index (χ1v) is 6.43. The molecule has 1 atom stereocenters. The van der Waals surface area contributed by atoms with Crippen LogP contribution in [-0.4, -0.2) is 37.2 Å². The van der Waals surface area contributed by atoms with Gasteiger partial charge in [-0.15, -0.1) is 0 Å². The van der Waals surface area contributed by atoms with Crippen molar-refractivity contribution in [2.45, 2.75) is 25.5 Å². The number of rotatable bonds is 4. The Morgan fingerprint density at radius 1 is 1.44 bits per heavy atom. The fraction of sp³-hybridized carbons (Fsp3) is 0.500. The van der Waals surface area contributed by atoms with Crippen molar-refractivity contribution in [2.75, 3.05) is 20.1 Å². The second kappa shape index (κ2) is 6.40. The van der Waals surface area contributed by atoms with E-state index in [1.54, 1.807) is 0 Å². The summed E-state index contributed by atoms with van der Waals surface area (Å²) < 4.78 is 5.35. The van der Waals surface area contributed by atoms with Crippen molar-refractivity contribution in [3.05, 3.63) is 35.9 Å². The monoisotopic (exact) mass is 248 g/mol. The Morgan fingerprint density at radius 3 is 2.94 bits per heavy atom. The second-order valence-electron chi connectivity index (χ2n) is 4.59. The van der Waals surface area contributed by atoms with Crippen LogP contribution in [0.2, 0.25) is 0 Å². The van der Waals surface area contributed by atoms with Crippen LogP contribution < -0.4 is 5.32 Å². The summed E-state index contributed by atoms with van der Waals surface area (Å²) in [6.07, 6.45) is 1.92. The lowest BCUT2D eigenvalue weighted by Crippen LogP contribution is -2.41. The Hall–Kier alpha value is -1.55. The molecule has 0 aromatic heterocycles. The number of hydrogen-bond acceptors (Lipinski definition) is 3. The molecule has 0 unspecified atom stereocenters. The lowest BCUT2D eigenvalue weighted by molar-refractivity contribution is 0.0922. The highest BCUT2D eigenvalue weighted by atomic mass is 16.6. The van der Waals surface area contributed by atoms with Gasteiger partial charge in [-0.3, -0.25) is 0 Å². The van der Waals surface area contributed by atoms with E-state index in [0.717, 1.165) is 31.5 Å². The minimum absolute atomic E-state index is 0.198. The highest BCUT2D eigenvalue weighted by Gasteiger charge is 2.29. The molecule has 18 heavy (non-hydrogen) atoms. The van der Waals surface area contributed by atoms with E-state index in [-0.39, 0.29) is 12.1 Å². The van der Waals surface area contributed by atoms with Gasteiger partial charge in [0.05, 0.1) is 0 Å². The van der Waals surface area contributed by atoms with Gasteiger partial charge in [-0.05, 0) is 25.5 Å². The van der Waals surface area contributed by atoms with Gasteiger partial charge >= 0.3 is 6.09 Å². The van der Waals surface area contributed by atoms with Gasteiger partial charge in [-0.1, -0.05) is 30.3 Å². The van der Waals surface area contributed by atoms with Gasteiger partial charge in [0.2, 0.25) is 0 Å². The fourth-order valence-corrected chi connectivity index (χ4v) is 2.33. The highest BCUT2D eigenvalue weighted by molar-refractivity contribution is 5.68. The predicted octanol–water partition coefficient (Wildman–Crippen LogP) is 2.01. The summed E-state index contributed by atoms with van der Waals surface area (Å²) in [4.78, 5) is 13.8. The number of ether oxygens (including phenoxy) is 1. The molecule has 1 fully saturated rings. The molecule has 4 nitrogen and oxygen atoms in total. The summed E-state index contributed by atoms with van der Waals surface area (Å²) in [5.41, 5.74) is 1.02. The van der Waals surface area contributed by atoms with Crippen LogP contribution in [0.15, 0.2) is 30.3 Å². The zero-order valence-corrected chi connectivity index (χ0v) is 10.8. The standard InChI is InChI=1S/C14H20N2O2/c1-15-10-13-8-5-9-16(13)14(17)18-11-12-6-3-2-4-7-12/h2-4,6-7,13,15H,5,8-11H2,1H3/t13-/m1/s1. The molecule has 1 aromatic carbocycles. The van der Waals surface area contributed by atoms with Crippen LogP contribution in [-0.2, 0) is 11.3 Å². The first-order valence-electron chi connectivity index (χ1n) is 6.43. The number of likely N-dealkylation sites (N-methyl/N-ethyl adjacent to an activating group) is 1. The summed E-state index contributed by atoms with van der Waals surface area (Å²) in [5, 5.41) is 3.12. The normalized spacial score (nSPS) is 18.9. The zero-order valence-electron chi connectivity index (χ0n) is 10.8. The third-order valence-electron chi connectivity index (χ3n) is 3.26. The molecule has 4 heteroatoms. The molecule has 1 heterocycles. The van der Waals surface area contributed by atoms with Crippen molar-refractivity contribution in [3.63, 3.8) is 0 Å². The van der Waals surface area contributed by atoms with Crippen LogP contribution in [0, 0.1) is 0 Å². The van der Waals surface area contributed by atoms with Crippen molar-refractivity contribution in [2.24, 2.45) is 0 Å². The topological polar surface area (TPSA) is 41.6 Å². The second-order valence-corrected chi connectivity index (χ2v) is 4.59. The highest BCUT2D eigenvalue weighted by Crippen LogP contribution is 2.18.